The third-order valence-corrected chi connectivity index (χ3v) is 4.15. The van der Waals surface area contributed by atoms with E-state index >= 15 is 0 Å². The number of methoxy groups -OCH3 is 1. The van der Waals surface area contributed by atoms with Crippen molar-refractivity contribution < 1.29 is 14.1 Å². The molecule has 0 fully saturated rings. The van der Waals surface area contributed by atoms with Crippen LogP contribution in [0.15, 0.2) is 63.9 Å². The normalized spacial score (nSPS) is 10.8. The smallest absolute Gasteiger partial charge is 0.258 e. The van der Waals surface area contributed by atoms with Gasteiger partial charge in [0.1, 0.15) is 5.75 Å². The number of H-pyrrole nitrogens is 1. The van der Waals surface area contributed by atoms with Gasteiger partial charge in [0, 0.05) is 17.0 Å². The largest absolute Gasteiger partial charge is 0.495 e. The average Bonchev–Trinajstić information content (AvgIpc) is 3.15. The molecular weight excluding hydrogens is 360 g/mol. The Labute approximate surface area is 159 Å². The van der Waals surface area contributed by atoms with E-state index in [1.54, 1.807) is 24.3 Å². The minimum absolute atomic E-state index is 0.0807. The highest BCUT2D eigenvalue weighted by Crippen LogP contribution is 2.25. The fraction of sp³-hybridized carbons (Fsp3) is 0.100. The minimum Gasteiger partial charge on any atom is -0.495 e. The van der Waals surface area contributed by atoms with E-state index in [-0.39, 0.29) is 29.6 Å². The molecule has 8 nitrogen and oxygen atoms in total. The molecule has 0 bridgehead atoms. The first-order valence-corrected chi connectivity index (χ1v) is 8.52. The van der Waals surface area contributed by atoms with E-state index in [0.717, 1.165) is 5.39 Å². The number of para-hydroxylation sites is 3. The van der Waals surface area contributed by atoms with Crippen molar-refractivity contribution in [3.8, 4) is 17.2 Å². The van der Waals surface area contributed by atoms with Gasteiger partial charge in [-0.15, -0.1) is 0 Å². The summed E-state index contributed by atoms with van der Waals surface area (Å²) in [5.41, 5.74) is 1.46. The molecule has 0 atom stereocenters. The Balaban J connectivity index is 1.57. The first-order chi connectivity index (χ1) is 13.6. The Morgan fingerprint density at radius 3 is 2.82 bits per heavy atom. The molecule has 0 aliphatic rings. The van der Waals surface area contributed by atoms with E-state index in [0.29, 0.717) is 22.5 Å². The molecule has 0 saturated heterocycles. The first kappa shape index (κ1) is 17.5. The maximum atomic E-state index is 12.3. The Morgan fingerprint density at radius 2 is 1.96 bits per heavy atom. The second-order valence-corrected chi connectivity index (χ2v) is 6.03. The maximum absolute atomic E-state index is 12.3. The molecule has 0 spiro atoms. The van der Waals surface area contributed by atoms with Crippen LogP contribution in [0.25, 0.3) is 22.4 Å². The van der Waals surface area contributed by atoms with Crippen LogP contribution in [0.4, 0.5) is 5.69 Å². The van der Waals surface area contributed by atoms with E-state index in [9.17, 15) is 9.59 Å². The van der Waals surface area contributed by atoms with Gasteiger partial charge in [0.05, 0.1) is 24.8 Å². The highest BCUT2D eigenvalue weighted by Gasteiger charge is 2.16. The molecule has 4 aromatic rings. The van der Waals surface area contributed by atoms with Crippen LogP contribution in [0, 0.1) is 0 Å². The van der Waals surface area contributed by atoms with Crippen LogP contribution >= 0.6 is 0 Å². The lowest BCUT2D eigenvalue weighted by Crippen LogP contribution is -2.15. The molecule has 2 N–H and O–H groups in total. The Morgan fingerprint density at radius 1 is 1.18 bits per heavy atom. The number of carbonyl (C=O) groups excluding carboxylic acids is 1. The Bertz CT molecular complexity index is 1210. The topological polar surface area (TPSA) is 110 Å². The predicted octanol–water partition coefficient (Wildman–Crippen LogP) is 2.77. The summed E-state index contributed by atoms with van der Waals surface area (Å²) < 4.78 is 10.5. The van der Waals surface area contributed by atoms with Gasteiger partial charge < -0.3 is 19.6 Å². The molecule has 4 rings (SSSR count). The number of rotatable bonds is 5. The van der Waals surface area contributed by atoms with E-state index < -0.39 is 0 Å². The number of fused-ring (bicyclic) bond motifs is 1. The molecule has 2 aromatic heterocycles. The number of aromatic nitrogens is 3. The average molecular weight is 376 g/mol. The van der Waals surface area contributed by atoms with E-state index in [4.69, 9.17) is 9.26 Å². The highest BCUT2D eigenvalue weighted by atomic mass is 16.5. The van der Waals surface area contributed by atoms with Crippen LogP contribution in [0.5, 0.6) is 5.75 Å². The molecule has 0 saturated carbocycles. The quantitative estimate of drug-likeness (QED) is 0.554. The molecule has 2 aromatic carbocycles. The van der Waals surface area contributed by atoms with Gasteiger partial charge in [-0.1, -0.05) is 35.5 Å². The molecule has 28 heavy (non-hydrogen) atoms. The number of carbonyl (C=O) groups is 1. The van der Waals surface area contributed by atoms with Crippen molar-refractivity contribution >= 4 is 22.5 Å². The van der Waals surface area contributed by atoms with Gasteiger partial charge in [-0.25, -0.2) is 0 Å². The second-order valence-electron chi connectivity index (χ2n) is 6.03. The number of nitrogens with zero attached hydrogens (tertiary/aromatic N) is 2. The van der Waals surface area contributed by atoms with Crippen molar-refractivity contribution in [3.63, 3.8) is 0 Å². The van der Waals surface area contributed by atoms with Crippen molar-refractivity contribution in [1.29, 1.82) is 0 Å². The number of ether oxygens (including phenoxy) is 1. The number of amides is 1. The van der Waals surface area contributed by atoms with Crippen LogP contribution in [0.3, 0.4) is 0 Å². The summed E-state index contributed by atoms with van der Waals surface area (Å²) in [5.74, 6) is 0.640. The summed E-state index contributed by atoms with van der Waals surface area (Å²) in [5, 5.41) is 7.39. The molecule has 140 valence electrons. The van der Waals surface area contributed by atoms with Gasteiger partial charge in [-0.2, -0.15) is 4.98 Å². The van der Waals surface area contributed by atoms with Gasteiger partial charge in [0.25, 0.3) is 5.89 Å². The Hall–Kier alpha value is -3.94. The van der Waals surface area contributed by atoms with Crippen molar-refractivity contribution in [2.75, 3.05) is 12.4 Å². The molecular formula is C20H16N4O4. The molecule has 8 heteroatoms. The molecule has 0 unspecified atom stereocenters. The molecule has 1 amide bonds. The number of aromatic amines is 1. The second kappa shape index (κ2) is 7.36. The molecule has 0 aliphatic carbocycles. The standard InChI is InChI=1S/C20H16N4O4/c1-27-16-9-5-4-8-15(16)22-19(26)11-17-23-20(28-24-17)13-10-18(25)21-14-7-3-2-6-12(13)14/h2-10H,11H2,1H3,(H,21,25)(H,22,26). The zero-order valence-corrected chi connectivity index (χ0v) is 14.9. The number of benzene rings is 2. The van der Waals surface area contributed by atoms with Gasteiger partial charge in [-0.05, 0) is 18.2 Å². The minimum atomic E-state index is -0.312. The lowest BCUT2D eigenvalue weighted by atomic mass is 10.1. The maximum Gasteiger partial charge on any atom is 0.258 e. The number of pyridine rings is 1. The fourth-order valence-electron chi connectivity index (χ4n) is 2.90. The zero-order valence-electron chi connectivity index (χ0n) is 14.9. The zero-order chi connectivity index (χ0) is 19.5. The number of nitrogens with one attached hydrogen (secondary N) is 2. The molecule has 0 radical (unpaired) electrons. The van der Waals surface area contributed by atoms with Crippen molar-refractivity contribution in [3.05, 3.63) is 70.8 Å². The van der Waals surface area contributed by atoms with Crippen LogP contribution in [0.1, 0.15) is 5.82 Å². The van der Waals surface area contributed by atoms with Gasteiger partial charge in [0.2, 0.25) is 11.5 Å². The van der Waals surface area contributed by atoms with Crippen molar-refractivity contribution in [2.24, 2.45) is 0 Å². The van der Waals surface area contributed by atoms with Gasteiger partial charge >= 0.3 is 0 Å². The van der Waals surface area contributed by atoms with E-state index in [1.165, 1.54) is 13.2 Å². The summed E-state index contributed by atoms with van der Waals surface area (Å²) >= 11 is 0. The monoisotopic (exact) mass is 376 g/mol. The SMILES string of the molecule is COc1ccccc1NC(=O)Cc1noc(-c2cc(=O)[nH]c3ccccc23)n1. The van der Waals surface area contributed by atoms with E-state index in [1.807, 2.05) is 24.3 Å². The van der Waals surface area contributed by atoms with Crippen molar-refractivity contribution in [1.82, 2.24) is 15.1 Å². The third kappa shape index (κ3) is 3.48. The summed E-state index contributed by atoms with van der Waals surface area (Å²) in [4.78, 5) is 31.3. The highest BCUT2D eigenvalue weighted by molar-refractivity contribution is 5.94. The number of hydrogen-bond donors (Lipinski definition) is 2. The number of anilines is 1. The molecule has 2 heterocycles. The van der Waals surface area contributed by atoms with Gasteiger partial charge in [0.15, 0.2) is 5.82 Å². The van der Waals surface area contributed by atoms with Crippen LogP contribution in [-0.4, -0.2) is 28.1 Å². The summed E-state index contributed by atoms with van der Waals surface area (Å²) in [7, 11) is 1.53. The third-order valence-electron chi connectivity index (χ3n) is 4.15. The molecule has 0 aliphatic heterocycles. The lowest BCUT2D eigenvalue weighted by molar-refractivity contribution is -0.115. The summed E-state index contributed by atoms with van der Waals surface area (Å²) in [6.45, 7) is 0. The van der Waals surface area contributed by atoms with Crippen LogP contribution in [0.2, 0.25) is 0 Å². The number of hydrogen-bond acceptors (Lipinski definition) is 6. The van der Waals surface area contributed by atoms with Crippen LogP contribution in [-0.2, 0) is 11.2 Å². The predicted molar refractivity (Wildman–Crippen MR) is 103 cm³/mol. The Kier molecular flexibility index (Phi) is 4.59. The van der Waals surface area contributed by atoms with Crippen LogP contribution < -0.4 is 15.6 Å². The van der Waals surface area contributed by atoms with Gasteiger partial charge in [-0.3, -0.25) is 9.59 Å². The summed E-state index contributed by atoms with van der Waals surface area (Å²) in [6, 6.07) is 15.8. The van der Waals surface area contributed by atoms with E-state index in [2.05, 4.69) is 20.4 Å². The van der Waals surface area contributed by atoms with Crippen molar-refractivity contribution in [2.45, 2.75) is 6.42 Å². The first-order valence-electron chi connectivity index (χ1n) is 8.52. The fourth-order valence-corrected chi connectivity index (χ4v) is 2.90. The summed E-state index contributed by atoms with van der Waals surface area (Å²) in [6.07, 6.45) is -0.0807. The lowest BCUT2D eigenvalue weighted by Gasteiger charge is -2.08.